The number of aromatic nitrogens is 1. The molecule has 10 nitrogen and oxygen atoms in total. The standard InChI is InChI=1S/C30H43N3O7/c1-33(2)9-3-8-31-30-26-22-24-4-6-28(26)32-29-7-5-25(23-27(29)30)40-21-19-38-17-15-36-13-11-34-10-12-35-14-16-37-18-20-39-24/h4-7,22-23H,3,8-21H2,1-2H3,(H,31,32). The molecule has 0 atom stereocenters. The maximum absolute atomic E-state index is 6.02. The third kappa shape index (κ3) is 10.0. The van der Waals surface area contributed by atoms with E-state index in [9.17, 15) is 0 Å². The third-order valence-corrected chi connectivity index (χ3v) is 6.28. The van der Waals surface area contributed by atoms with Gasteiger partial charge in [0.2, 0.25) is 0 Å². The van der Waals surface area contributed by atoms with Crippen molar-refractivity contribution >= 4 is 27.5 Å². The van der Waals surface area contributed by atoms with E-state index in [0.717, 1.165) is 58.5 Å². The van der Waals surface area contributed by atoms with E-state index in [1.54, 1.807) is 0 Å². The molecule has 4 rings (SSSR count). The first kappa shape index (κ1) is 30.2. The van der Waals surface area contributed by atoms with Gasteiger partial charge >= 0.3 is 0 Å². The Bertz CT molecular complexity index is 1080. The van der Waals surface area contributed by atoms with E-state index >= 15 is 0 Å². The highest BCUT2D eigenvalue weighted by atomic mass is 16.6. The molecule has 1 aliphatic rings. The van der Waals surface area contributed by atoms with Crippen LogP contribution in [0.2, 0.25) is 0 Å². The fourth-order valence-corrected chi connectivity index (χ4v) is 4.30. The zero-order valence-corrected chi connectivity index (χ0v) is 23.8. The van der Waals surface area contributed by atoms with E-state index in [1.807, 2.05) is 36.4 Å². The zero-order valence-electron chi connectivity index (χ0n) is 23.8. The lowest BCUT2D eigenvalue weighted by Crippen LogP contribution is -2.16. The summed E-state index contributed by atoms with van der Waals surface area (Å²) in [5.74, 6) is 1.55. The summed E-state index contributed by atoms with van der Waals surface area (Å²) in [6.07, 6.45) is 1.01. The third-order valence-electron chi connectivity index (χ3n) is 6.28. The highest BCUT2D eigenvalue weighted by Crippen LogP contribution is 2.35. The molecule has 0 unspecified atom stereocenters. The lowest BCUT2D eigenvalue weighted by atomic mass is 10.1. The largest absolute Gasteiger partial charge is 0.491 e. The molecule has 1 aromatic heterocycles. The summed E-state index contributed by atoms with van der Waals surface area (Å²) in [6, 6.07) is 12.0. The van der Waals surface area contributed by atoms with E-state index in [4.69, 9.17) is 38.1 Å². The number of rotatable bonds is 5. The van der Waals surface area contributed by atoms with Crippen molar-refractivity contribution in [2.45, 2.75) is 6.42 Å². The number of pyridine rings is 1. The average Bonchev–Trinajstić information content (AvgIpc) is 2.95. The van der Waals surface area contributed by atoms with Crippen molar-refractivity contribution in [2.75, 3.05) is 112 Å². The predicted molar refractivity (Wildman–Crippen MR) is 156 cm³/mol. The molecule has 0 saturated carbocycles. The minimum Gasteiger partial charge on any atom is -0.491 e. The fraction of sp³-hybridized carbons (Fsp3) is 0.567. The van der Waals surface area contributed by atoms with E-state index < -0.39 is 0 Å². The summed E-state index contributed by atoms with van der Waals surface area (Å²) in [6.45, 7) is 7.82. The second-order valence-electron chi connectivity index (χ2n) is 9.69. The Morgan fingerprint density at radius 3 is 1.48 bits per heavy atom. The Labute approximate surface area is 236 Å². The highest BCUT2D eigenvalue weighted by molar-refractivity contribution is 6.08. The van der Waals surface area contributed by atoms with Crippen molar-refractivity contribution in [3.63, 3.8) is 0 Å². The molecule has 0 aliphatic carbocycles. The molecular formula is C30H43N3O7. The molecule has 4 bridgehead atoms. The maximum atomic E-state index is 6.02. The van der Waals surface area contributed by atoms with Crippen LogP contribution in [0.25, 0.3) is 21.8 Å². The maximum Gasteiger partial charge on any atom is 0.120 e. The number of hydrogen-bond acceptors (Lipinski definition) is 10. The van der Waals surface area contributed by atoms with Crippen LogP contribution in [0.15, 0.2) is 36.4 Å². The van der Waals surface area contributed by atoms with E-state index in [2.05, 4.69) is 24.3 Å². The molecule has 1 aliphatic heterocycles. The Hall–Kier alpha value is -2.73. The number of ether oxygens (including phenoxy) is 7. The van der Waals surface area contributed by atoms with Crippen molar-refractivity contribution in [1.82, 2.24) is 9.88 Å². The molecule has 0 amide bonds. The Balaban J connectivity index is 1.50. The molecule has 1 N–H and O–H groups in total. The Kier molecular flexibility index (Phi) is 13.0. The van der Waals surface area contributed by atoms with E-state index in [1.165, 1.54) is 0 Å². The van der Waals surface area contributed by atoms with Crippen LogP contribution in [-0.4, -0.2) is 116 Å². The van der Waals surface area contributed by atoms with Gasteiger partial charge < -0.3 is 43.4 Å². The van der Waals surface area contributed by atoms with E-state index in [0.29, 0.717) is 79.3 Å². The van der Waals surface area contributed by atoms with Crippen molar-refractivity contribution in [1.29, 1.82) is 0 Å². The quantitative estimate of drug-likeness (QED) is 0.371. The summed E-state index contributed by atoms with van der Waals surface area (Å²) in [4.78, 5) is 7.11. The number of nitrogens with one attached hydrogen (secondary N) is 1. The van der Waals surface area contributed by atoms with Gasteiger partial charge in [0.25, 0.3) is 0 Å². The number of benzene rings is 2. The van der Waals surface area contributed by atoms with Crippen molar-refractivity contribution < 1.29 is 33.2 Å². The lowest BCUT2D eigenvalue weighted by molar-refractivity contribution is -0.0141. The molecule has 220 valence electrons. The van der Waals surface area contributed by atoms with Crippen LogP contribution in [0.3, 0.4) is 0 Å². The summed E-state index contributed by atoms with van der Waals surface area (Å²) < 4.78 is 39.9. The minimum absolute atomic E-state index is 0.446. The van der Waals surface area contributed by atoms with Gasteiger partial charge in [0, 0.05) is 17.3 Å². The molecule has 0 radical (unpaired) electrons. The molecule has 2 aromatic carbocycles. The van der Waals surface area contributed by atoms with Gasteiger partial charge in [-0.25, -0.2) is 4.98 Å². The minimum atomic E-state index is 0.446. The van der Waals surface area contributed by atoms with Crippen molar-refractivity contribution in [3.05, 3.63) is 36.4 Å². The number of nitrogens with zero attached hydrogens (tertiary/aromatic N) is 2. The molecule has 10 heteroatoms. The number of hydrogen-bond donors (Lipinski definition) is 1. The summed E-state index contributed by atoms with van der Waals surface area (Å²) in [5.41, 5.74) is 2.84. The van der Waals surface area contributed by atoms with Gasteiger partial charge in [0.1, 0.15) is 24.7 Å². The first-order valence-corrected chi connectivity index (χ1v) is 14.1. The lowest BCUT2D eigenvalue weighted by Gasteiger charge is -2.16. The van der Waals surface area contributed by atoms with Crippen LogP contribution < -0.4 is 14.8 Å². The van der Waals surface area contributed by atoms with Gasteiger partial charge in [0.05, 0.1) is 82.8 Å². The Morgan fingerprint density at radius 2 is 1.05 bits per heavy atom. The monoisotopic (exact) mass is 557 g/mol. The second kappa shape index (κ2) is 17.2. The van der Waals surface area contributed by atoms with Gasteiger partial charge in [-0.15, -0.1) is 0 Å². The molecule has 3 aromatic rings. The number of fused-ring (bicyclic) bond motifs is 2. The van der Waals surface area contributed by atoms with Gasteiger partial charge in [-0.2, -0.15) is 0 Å². The van der Waals surface area contributed by atoms with Crippen LogP contribution in [0.5, 0.6) is 11.5 Å². The molecule has 0 saturated heterocycles. The van der Waals surface area contributed by atoms with Crippen LogP contribution in [0.4, 0.5) is 5.69 Å². The molecular weight excluding hydrogens is 514 g/mol. The van der Waals surface area contributed by atoms with Gasteiger partial charge in [-0.05, 0) is 63.5 Å². The molecule has 0 spiro atoms. The van der Waals surface area contributed by atoms with Gasteiger partial charge in [-0.1, -0.05) is 0 Å². The molecule has 0 fully saturated rings. The Morgan fingerprint density at radius 1 is 0.625 bits per heavy atom. The fourth-order valence-electron chi connectivity index (χ4n) is 4.30. The van der Waals surface area contributed by atoms with Crippen LogP contribution in [0, 0.1) is 0 Å². The van der Waals surface area contributed by atoms with E-state index in [-0.39, 0.29) is 0 Å². The molecule has 40 heavy (non-hydrogen) atoms. The SMILES string of the molecule is CN(C)CCCNc1c2cc3ccc2nc2ccc(cc12)OCCOCCOCCOCCOCCOCCO3. The number of anilines is 1. The van der Waals surface area contributed by atoms with Crippen molar-refractivity contribution in [3.8, 4) is 11.5 Å². The molecule has 2 heterocycles. The first-order valence-electron chi connectivity index (χ1n) is 14.1. The first-order chi connectivity index (χ1) is 19.7. The summed E-state index contributed by atoms with van der Waals surface area (Å²) in [5, 5.41) is 5.69. The van der Waals surface area contributed by atoms with Gasteiger partial charge in [0.15, 0.2) is 0 Å². The summed E-state index contributed by atoms with van der Waals surface area (Å²) in [7, 11) is 4.18. The zero-order chi connectivity index (χ0) is 27.8. The van der Waals surface area contributed by atoms with Gasteiger partial charge in [-0.3, -0.25) is 0 Å². The summed E-state index contributed by atoms with van der Waals surface area (Å²) >= 11 is 0. The highest BCUT2D eigenvalue weighted by Gasteiger charge is 2.12. The van der Waals surface area contributed by atoms with Crippen LogP contribution >= 0.6 is 0 Å². The van der Waals surface area contributed by atoms with Crippen LogP contribution in [0.1, 0.15) is 6.42 Å². The average molecular weight is 558 g/mol. The normalized spacial score (nSPS) is 17.5. The second-order valence-corrected chi connectivity index (χ2v) is 9.69. The topological polar surface area (TPSA) is 92.8 Å². The van der Waals surface area contributed by atoms with Crippen molar-refractivity contribution in [2.24, 2.45) is 0 Å². The smallest absolute Gasteiger partial charge is 0.120 e. The van der Waals surface area contributed by atoms with Crippen LogP contribution in [-0.2, 0) is 23.7 Å². The predicted octanol–water partition coefficient (Wildman–Crippen LogP) is 3.61.